The number of piperidine rings is 1. The number of tetrazole rings is 1. The van der Waals surface area contributed by atoms with Crippen LogP contribution in [0.25, 0.3) is 0 Å². The van der Waals surface area contributed by atoms with E-state index in [1.807, 2.05) is 20.8 Å². The second kappa shape index (κ2) is 4.37. The van der Waals surface area contributed by atoms with Gasteiger partial charge in [-0.3, -0.25) is 0 Å². The highest BCUT2D eigenvalue weighted by molar-refractivity contribution is 4.87. The van der Waals surface area contributed by atoms with Gasteiger partial charge in [0.25, 0.3) is 0 Å². The highest BCUT2D eigenvalue weighted by atomic mass is 16.5. The van der Waals surface area contributed by atoms with Crippen LogP contribution < -0.4 is 10.1 Å². The van der Waals surface area contributed by atoms with Crippen molar-refractivity contribution in [2.45, 2.75) is 45.3 Å². The van der Waals surface area contributed by atoms with Gasteiger partial charge in [0.15, 0.2) is 0 Å². The molecule has 90 valence electrons. The maximum atomic E-state index is 5.66. The van der Waals surface area contributed by atoms with Crippen molar-refractivity contribution in [2.75, 3.05) is 13.1 Å². The Morgan fingerprint density at radius 1 is 1.44 bits per heavy atom. The smallest absolute Gasteiger partial charge is 0.356 e. The van der Waals surface area contributed by atoms with E-state index in [1.54, 1.807) is 4.80 Å². The van der Waals surface area contributed by atoms with Gasteiger partial charge in [0.1, 0.15) is 6.10 Å². The molecule has 0 aliphatic carbocycles. The van der Waals surface area contributed by atoms with Gasteiger partial charge in [0.2, 0.25) is 0 Å². The first-order valence-corrected chi connectivity index (χ1v) is 5.73. The summed E-state index contributed by atoms with van der Waals surface area (Å²) in [4.78, 5) is 1.58. The Kier molecular flexibility index (Phi) is 3.09. The minimum atomic E-state index is -0.153. The van der Waals surface area contributed by atoms with Crippen molar-refractivity contribution in [3.05, 3.63) is 0 Å². The van der Waals surface area contributed by atoms with E-state index in [9.17, 15) is 0 Å². The zero-order valence-corrected chi connectivity index (χ0v) is 10.1. The van der Waals surface area contributed by atoms with Gasteiger partial charge in [-0.2, -0.15) is 4.80 Å². The summed E-state index contributed by atoms with van der Waals surface area (Å²) in [6.45, 7) is 8.02. The predicted molar refractivity (Wildman–Crippen MR) is 59.3 cm³/mol. The van der Waals surface area contributed by atoms with Crippen LogP contribution in [0.4, 0.5) is 0 Å². The Morgan fingerprint density at radius 2 is 2.25 bits per heavy atom. The average molecular weight is 225 g/mol. The van der Waals surface area contributed by atoms with E-state index in [1.165, 1.54) is 0 Å². The summed E-state index contributed by atoms with van der Waals surface area (Å²) in [5.41, 5.74) is -0.153. The molecule has 1 saturated heterocycles. The van der Waals surface area contributed by atoms with Crippen LogP contribution in [0.1, 0.15) is 33.6 Å². The molecule has 1 fully saturated rings. The number of nitrogens with zero attached hydrogens (tertiary/aromatic N) is 4. The van der Waals surface area contributed by atoms with Crippen molar-refractivity contribution in [1.82, 2.24) is 25.5 Å². The van der Waals surface area contributed by atoms with E-state index in [0.717, 1.165) is 25.9 Å². The molecule has 2 rings (SSSR count). The summed E-state index contributed by atoms with van der Waals surface area (Å²) in [5, 5.41) is 15.4. The molecular weight excluding hydrogens is 206 g/mol. The van der Waals surface area contributed by atoms with E-state index < -0.39 is 0 Å². The first kappa shape index (κ1) is 11.3. The summed E-state index contributed by atoms with van der Waals surface area (Å²) in [7, 11) is 0. The van der Waals surface area contributed by atoms with Crippen molar-refractivity contribution in [2.24, 2.45) is 0 Å². The van der Waals surface area contributed by atoms with Gasteiger partial charge in [-0.1, -0.05) is 10.2 Å². The standard InChI is InChI=1S/C10H19N5O/c1-10(2,3)15-13-9(12-14-15)16-8-5-4-6-11-7-8/h8,11H,4-7H2,1-3H3. The molecule has 16 heavy (non-hydrogen) atoms. The fourth-order valence-electron chi connectivity index (χ4n) is 1.60. The zero-order valence-electron chi connectivity index (χ0n) is 10.1. The van der Waals surface area contributed by atoms with Crippen LogP contribution >= 0.6 is 0 Å². The Hall–Kier alpha value is -1.17. The maximum absolute atomic E-state index is 5.66. The molecule has 0 spiro atoms. The summed E-state index contributed by atoms with van der Waals surface area (Å²) in [6, 6.07) is 0.378. The quantitative estimate of drug-likeness (QED) is 0.796. The van der Waals surface area contributed by atoms with Gasteiger partial charge in [-0.15, -0.1) is 0 Å². The Labute approximate surface area is 95.4 Å². The van der Waals surface area contributed by atoms with Crippen molar-refractivity contribution in [3.63, 3.8) is 0 Å². The summed E-state index contributed by atoms with van der Waals surface area (Å²) < 4.78 is 5.66. The molecule has 1 unspecified atom stereocenters. The van der Waals surface area contributed by atoms with Gasteiger partial charge < -0.3 is 10.1 Å². The highest BCUT2D eigenvalue weighted by Gasteiger charge is 2.20. The van der Waals surface area contributed by atoms with Crippen LogP contribution in [-0.4, -0.2) is 39.4 Å². The van der Waals surface area contributed by atoms with Crippen LogP contribution in [0.2, 0.25) is 0 Å². The van der Waals surface area contributed by atoms with Crippen molar-refractivity contribution >= 4 is 0 Å². The molecule has 1 aromatic heterocycles. The van der Waals surface area contributed by atoms with E-state index >= 15 is 0 Å². The molecule has 0 bridgehead atoms. The molecule has 0 radical (unpaired) electrons. The Morgan fingerprint density at radius 3 is 2.81 bits per heavy atom. The first-order valence-electron chi connectivity index (χ1n) is 5.73. The van der Waals surface area contributed by atoms with E-state index in [-0.39, 0.29) is 11.6 Å². The number of rotatable bonds is 2. The van der Waals surface area contributed by atoms with Gasteiger partial charge in [0.05, 0.1) is 5.54 Å². The number of hydrogen-bond acceptors (Lipinski definition) is 5. The zero-order chi connectivity index (χ0) is 11.6. The lowest BCUT2D eigenvalue weighted by atomic mass is 10.1. The number of aromatic nitrogens is 4. The molecule has 6 nitrogen and oxygen atoms in total. The van der Waals surface area contributed by atoms with E-state index in [2.05, 4.69) is 20.7 Å². The second-order valence-corrected chi connectivity index (χ2v) is 5.12. The molecule has 0 amide bonds. The maximum Gasteiger partial charge on any atom is 0.356 e. The third-order valence-electron chi connectivity index (χ3n) is 2.52. The SMILES string of the molecule is CC(C)(C)n1nnc(OC2CCCNC2)n1. The molecule has 1 N–H and O–H groups in total. The largest absolute Gasteiger partial charge is 0.457 e. The minimum Gasteiger partial charge on any atom is -0.457 e. The van der Waals surface area contributed by atoms with Gasteiger partial charge in [0, 0.05) is 6.54 Å². The second-order valence-electron chi connectivity index (χ2n) is 5.12. The normalized spacial score (nSPS) is 22.1. The lowest BCUT2D eigenvalue weighted by molar-refractivity contribution is 0.151. The molecule has 2 heterocycles. The molecule has 1 aliphatic rings. The number of ether oxygens (including phenoxy) is 1. The van der Waals surface area contributed by atoms with Crippen LogP contribution in [0.15, 0.2) is 0 Å². The van der Waals surface area contributed by atoms with E-state index in [0.29, 0.717) is 6.01 Å². The topological polar surface area (TPSA) is 64.9 Å². The summed E-state index contributed by atoms with van der Waals surface area (Å²) in [5.74, 6) is 0. The number of nitrogens with one attached hydrogen (secondary N) is 1. The monoisotopic (exact) mass is 225 g/mol. The third kappa shape index (κ3) is 2.69. The lowest BCUT2D eigenvalue weighted by Crippen LogP contribution is -2.37. The predicted octanol–water partition coefficient (Wildman–Crippen LogP) is 0.559. The van der Waals surface area contributed by atoms with E-state index in [4.69, 9.17) is 4.74 Å². The fraction of sp³-hybridized carbons (Fsp3) is 0.900. The molecule has 6 heteroatoms. The highest BCUT2D eigenvalue weighted by Crippen LogP contribution is 2.13. The average Bonchev–Trinajstić information content (AvgIpc) is 2.67. The van der Waals surface area contributed by atoms with Crippen LogP contribution in [0.5, 0.6) is 6.01 Å². The summed E-state index contributed by atoms with van der Waals surface area (Å²) in [6.07, 6.45) is 2.36. The van der Waals surface area contributed by atoms with Crippen LogP contribution in [-0.2, 0) is 5.54 Å². The van der Waals surface area contributed by atoms with Crippen LogP contribution in [0, 0.1) is 0 Å². The molecule has 1 atom stereocenters. The van der Waals surface area contributed by atoms with Gasteiger partial charge >= 0.3 is 6.01 Å². The van der Waals surface area contributed by atoms with Crippen molar-refractivity contribution < 1.29 is 4.74 Å². The van der Waals surface area contributed by atoms with Crippen molar-refractivity contribution in [1.29, 1.82) is 0 Å². The van der Waals surface area contributed by atoms with Gasteiger partial charge in [-0.25, -0.2) is 0 Å². The lowest BCUT2D eigenvalue weighted by Gasteiger charge is -2.21. The summed E-state index contributed by atoms with van der Waals surface area (Å²) >= 11 is 0. The first-order chi connectivity index (χ1) is 7.55. The number of hydrogen-bond donors (Lipinski definition) is 1. The molecular formula is C10H19N5O. The fourth-order valence-corrected chi connectivity index (χ4v) is 1.60. The Balaban J connectivity index is 1.97. The van der Waals surface area contributed by atoms with Gasteiger partial charge in [-0.05, 0) is 45.4 Å². The Bertz CT molecular complexity index is 337. The van der Waals surface area contributed by atoms with Crippen molar-refractivity contribution in [3.8, 4) is 6.01 Å². The molecule has 1 aliphatic heterocycles. The molecule has 0 saturated carbocycles. The molecule has 1 aromatic rings. The minimum absolute atomic E-state index is 0.153. The third-order valence-corrected chi connectivity index (χ3v) is 2.52. The van der Waals surface area contributed by atoms with Crippen LogP contribution in [0.3, 0.4) is 0 Å². The molecule has 0 aromatic carbocycles.